The highest BCUT2D eigenvalue weighted by Crippen LogP contribution is 2.24. The molecule has 0 radical (unpaired) electrons. The van der Waals surface area contributed by atoms with Gasteiger partial charge in [0.2, 0.25) is 0 Å². The predicted molar refractivity (Wildman–Crippen MR) is 72.9 cm³/mol. The smallest absolute Gasteiger partial charge is 0.149 e. The molecule has 0 aromatic heterocycles. The van der Waals surface area contributed by atoms with Crippen LogP contribution in [0.25, 0.3) is 0 Å². The summed E-state index contributed by atoms with van der Waals surface area (Å²) in [6.45, 7) is 3.16. The van der Waals surface area contributed by atoms with Crippen LogP contribution in [-0.2, 0) is 6.54 Å². The molecule has 17 heavy (non-hydrogen) atoms. The van der Waals surface area contributed by atoms with E-state index in [2.05, 4.69) is 39.2 Å². The lowest BCUT2D eigenvalue weighted by Gasteiger charge is -2.09. The minimum atomic E-state index is 0.452. The Labute approximate surface area is 111 Å². The van der Waals surface area contributed by atoms with Crippen molar-refractivity contribution in [2.45, 2.75) is 32.4 Å². The van der Waals surface area contributed by atoms with E-state index in [0.29, 0.717) is 6.61 Å². The maximum absolute atomic E-state index is 5.54. The van der Waals surface area contributed by atoms with Crippen LogP contribution >= 0.6 is 15.9 Å². The Morgan fingerprint density at radius 3 is 3.00 bits per heavy atom. The van der Waals surface area contributed by atoms with Gasteiger partial charge in [0.25, 0.3) is 0 Å². The third-order valence-electron chi connectivity index (χ3n) is 2.66. The summed E-state index contributed by atoms with van der Waals surface area (Å²) in [4.78, 5) is 0. The fraction of sp³-hybridized carbons (Fsp3) is 0.429. The molecular formula is C14H16BrNO. The van der Waals surface area contributed by atoms with Gasteiger partial charge in [0, 0.05) is 17.1 Å². The largest absolute Gasteiger partial charge is 0.481 e. The molecule has 1 aromatic carbocycles. The van der Waals surface area contributed by atoms with E-state index in [9.17, 15) is 0 Å². The van der Waals surface area contributed by atoms with E-state index in [1.165, 1.54) is 18.4 Å². The van der Waals surface area contributed by atoms with Crippen molar-refractivity contribution in [2.75, 3.05) is 6.61 Å². The van der Waals surface area contributed by atoms with Crippen molar-refractivity contribution < 1.29 is 4.74 Å². The first-order chi connectivity index (χ1) is 8.29. The number of nitrogens with one attached hydrogen (secondary N) is 1. The molecule has 90 valence electrons. The van der Waals surface area contributed by atoms with E-state index >= 15 is 0 Å². The molecule has 0 atom stereocenters. The summed E-state index contributed by atoms with van der Waals surface area (Å²) in [6.07, 6.45) is 2.61. The van der Waals surface area contributed by atoms with Gasteiger partial charge in [-0.2, -0.15) is 0 Å². The third kappa shape index (κ3) is 4.07. The molecule has 3 heteroatoms. The Morgan fingerprint density at radius 2 is 2.29 bits per heavy atom. The van der Waals surface area contributed by atoms with Gasteiger partial charge in [0.1, 0.15) is 12.4 Å². The standard InChI is InChI=1S/C14H16BrNO/c1-2-3-8-17-13-6-7-14(15)11(9-13)10-16-12-4-5-12/h6-7,9,12,16H,4-5,8,10H2,1H3. The van der Waals surface area contributed by atoms with Crippen molar-refractivity contribution in [3.05, 3.63) is 28.2 Å². The third-order valence-corrected chi connectivity index (χ3v) is 3.44. The molecule has 2 rings (SSSR count). The molecule has 1 aromatic rings. The second-order valence-electron chi connectivity index (χ2n) is 4.12. The van der Waals surface area contributed by atoms with Crippen molar-refractivity contribution in [1.29, 1.82) is 0 Å². The highest BCUT2D eigenvalue weighted by atomic mass is 79.9. The van der Waals surface area contributed by atoms with Crippen LogP contribution in [-0.4, -0.2) is 12.6 Å². The van der Waals surface area contributed by atoms with E-state index in [1.807, 2.05) is 19.1 Å². The van der Waals surface area contributed by atoms with Gasteiger partial charge in [0.05, 0.1) is 0 Å². The van der Waals surface area contributed by atoms with E-state index in [4.69, 9.17) is 4.74 Å². The van der Waals surface area contributed by atoms with Gasteiger partial charge in [-0.25, -0.2) is 0 Å². The molecular weight excluding hydrogens is 278 g/mol. The first kappa shape index (κ1) is 12.5. The van der Waals surface area contributed by atoms with Crippen LogP contribution in [0.15, 0.2) is 22.7 Å². The maximum Gasteiger partial charge on any atom is 0.149 e. The van der Waals surface area contributed by atoms with Gasteiger partial charge in [-0.15, -0.1) is 5.92 Å². The first-order valence-electron chi connectivity index (χ1n) is 5.84. The zero-order valence-electron chi connectivity index (χ0n) is 9.92. The van der Waals surface area contributed by atoms with Gasteiger partial charge in [-0.3, -0.25) is 0 Å². The van der Waals surface area contributed by atoms with E-state index < -0.39 is 0 Å². The molecule has 1 aliphatic carbocycles. The van der Waals surface area contributed by atoms with Crippen LogP contribution < -0.4 is 10.1 Å². The number of halogens is 1. The lowest BCUT2D eigenvalue weighted by Crippen LogP contribution is -2.15. The van der Waals surface area contributed by atoms with E-state index in [1.54, 1.807) is 0 Å². The van der Waals surface area contributed by atoms with Crippen LogP contribution in [0.3, 0.4) is 0 Å². The van der Waals surface area contributed by atoms with Crippen LogP contribution in [0.2, 0.25) is 0 Å². The molecule has 0 aliphatic heterocycles. The lowest BCUT2D eigenvalue weighted by molar-refractivity contribution is 0.369. The summed E-state index contributed by atoms with van der Waals surface area (Å²) < 4.78 is 6.67. The summed E-state index contributed by atoms with van der Waals surface area (Å²) in [7, 11) is 0. The Balaban J connectivity index is 1.96. The molecule has 0 spiro atoms. The summed E-state index contributed by atoms with van der Waals surface area (Å²) in [5.41, 5.74) is 1.24. The van der Waals surface area contributed by atoms with Gasteiger partial charge < -0.3 is 10.1 Å². The van der Waals surface area contributed by atoms with Gasteiger partial charge in [0.15, 0.2) is 0 Å². The van der Waals surface area contributed by atoms with Crippen LogP contribution in [0.4, 0.5) is 0 Å². The molecule has 0 heterocycles. The van der Waals surface area contributed by atoms with Gasteiger partial charge in [-0.1, -0.05) is 21.9 Å². The maximum atomic E-state index is 5.54. The Kier molecular flexibility index (Phi) is 4.47. The Morgan fingerprint density at radius 1 is 1.47 bits per heavy atom. The van der Waals surface area contributed by atoms with Gasteiger partial charge in [-0.05, 0) is 43.5 Å². The van der Waals surface area contributed by atoms with Crippen LogP contribution in [0, 0.1) is 11.8 Å². The number of ether oxygens (including phenoxy) is 1. The second-order valence-corrected chi connectivity index (χ2v) is 4.98. The molecule has 0 saturated heterocycles. The zero-order valence-corrected chi connectivity index (χ0v) is 11.5. The topological polar surface area (TPSA) is 21.3 Å². The molecule has 0 unspecified atom stereocenters. The van der Waals surface area contributed by atoms with E-state index in [0.717, 1.165) is 22.8 Å². The fourth-order valence-electron chi connectivity index (χ4n) is 1.51. The highest BCUT2D eigenvalue weighted by molar-refractivity contribution is 9.10. The van der Waals surface area contributed by atoms with Crippen LogP contribution in [0.1, 0.15) is 25.3 Å². The SMILES string of the molecule is CC#CCOc1ccc(Br)c(CNC2CC2)c1. The Bertz CT molecular complexity index is 443. The molecule has 1 aliphatic rings. The highest BCUT2D eigenvalue weighted by Gasteiger charge is 2.20. The fourth-order valence-corrected chi connectivity index (χ4v) is 1.90. The molecule has 2 nitrogen and oxygen atoms in total. The van der Waals surface area contributed by atoms with Crippen molar-refractivity contribution >= 4 is 15.9 Å². The summed E-state index contributed by atoms with van der Waals surface area (Å²) in [6, 6.07) is 6.77. The monoisotopic (exact) mass is 293 g/mol. The number of hydrogen-bond acceptors (Lipinski definition) is 2. The minimum absolute atomic E-state index is 0.452. The average molecular weight is 294 g/mol. The number of rotatable bonds is 5. The lowest BCUT2D eigenvalue weighted by atomic mass is 10.2. The van der Waals surface area contributed by atoms with Crippen molar-refractivity contribution in [2.24, 2.45) is 0 Å². The number of benzene rings is 1. The summed E-state index contributed by atoms with van der Waals surface area (Å²) in [5, 5.41) is 3.49. The number of hydrogen-bond donors (Lipinski definition) is 1. The molecule has 1 saturated carbocycles. The van der Waals surface area contributed by atoms with Crippen molar-refractivity contribution in [3.63, 3.8) is 0 Å². The minimum Gasteiger partial charge on any atom is -0.481 e. The van der Waals surface area contributed by atoms with Crippen LogP contribution in [0.5, 0.6) is 5.75 Å². The second kappa shape index (κ2) is 6.09. The predicted octanol–water partition coefficient (Wildman–Crippen LogP) is 3.10. The normalized spacial score (nSPS) is 14.0. The quantitative estimate of drug-likeness (QED) is 0.843. The summed E-state index contributed by atoms with van der Waals surface area (Å²) >= 11 is 3.56. The Hall–Kier alpha value is -0.980. The molecule has 1 N–H and O–H groups in total. The average Bonchev–Trinajstić information content (AvgIpc) is 3.14. The van der Waals surface area contributed by atoms with Crippen molar-refractivity contribution in [1.82, 2.24) is 5.32 Å². The molecule has 0 bridgehead atoms. The summed E-state index contributed by atoms with van der Waals surface area (Å²) in [5.74, 6) is 6.59. The van der Waals surface area contributed by atoms with Gasteiger partial charge >= 0.3 is 0 Å². The zero-order chi connectivity index (χ0) is 12.1. The molecule has 1 fully saturated rings. The van der Waals surface area contributed by atoms with Crippen molar-refractivity contribution in [3.8, 4) is 17.6 Å². The first-order valence-corrected chi connectivity index (χ1v) is 6.63. The molecule has 0 amide bonds. The van der Waals surface area contributed by atoms with E-state index in [-0.39, 0.29) is 0 Å².